The van der Waals surface area contributed by atoms with Crippen LogP contribution < -0.4 is 5.32 Å². The standard InChI is InChI=1S/C8H18ClN/c1-3-4-5-10-7-8(2)6-9/h8,10H,3-7H2,1-2H3. The molecular formula is C8H18ClN. The Hall–Kier alpha value is 0.250. The molecule has 1 N–H and O–H groups in total. The lowest BCUT2D eigenvalue weighted by molar-refractivity contribution is 0.544. The highest BCUT2D eigenvalue weighted by Gasteiger charge is 1.96. The van der Waals surface area contributed by atoms with Crippen molar-refractivity contribution in [3.63, 3.8) is 0 Å². The fraction of sp³-hybridized carbons (Fsp3) is 1.00. The molecule has 1 nitrogen and oxygen atoms in total. The summed E-state index contributed by atoms with van der Waals surface area (Å²) >= 11 is 5.62. The van der Waals surface area contributed by atoms with Crippen LogP contribution in [-0.2, 0) is 0 Å². The van der Waals surface area contributed by atoms with Crippen molar-refractivity contribution >= 4 is 11.6 Å². The largest absolute Gasteiger partial charge is 0.316 e. The Labute approximate surface area is 69.1 Å². The molecule has 1 atom stereocenters. The van der Waals surface area contributed by atoms with E-state index < -0.39 is 0 Å². The van der Waals surface area contributed by atoms with E-state index >= 15 is 0 Å². The van der Waals surface area contributed by atoms with Crippen molar-refractivity contribution in [2.45, 2.75) is 26.7 Å². The fourth-order valence-corrected chi connectivity index (χ4v) is 0.814. The van der Waals surface area contributed by atoms with Crippen LogP contribution in [0.2, 0.25) is 0 Å². The first-order chi connectivity index (χ1) is 4.81. The van der Waals surface area contributed by atoms with Crippen LogP contribution in [0.25, 0.3) is 0 Å². The predicted octanol–water partition coefficient (Wildman–Crippen LogP) is 2.25. The maximum atomic E-state index is 5.62. The second-order valence-corrected chi connectivity index (χ2v) is 3.13. The van der Waals surface area contributed by atoms with E-state index in [0.717, 1.165) is 19.0 Å². The van der Waals surface area contributed by atoms with E-state index in [4.69, 9.17) is 11.6 Å². The summed E-state index contributed by atoms with van der Waals surface area (Å²) in [6, 6.07) is 0. The molecule has 0 aliphatic heterocycles. The molecule has 0 heterocycles. The van der Waals surface area contributed by atoms with Crippen LogP contribution >= 0.6 is 11.6 Å². The number of nitrogens with one attached hydrogen (secondary N) is 1. The van der Waals surface area contributed by atoms with Gasteiger partial charge in [0.25, 0.3) is 0 Å². The van der Waals surface area contributed by atoms with E-state index in [1.54, 1.807) is 0 Å². The van der Waals surface area contributed by atoms with Gasteiger partial charge in [-0.15, -0.1) is 11.6 Å². The van der Waals surface area contributed by atoms with Crippen molar-refractivity contribution in [3.05, 3.63) is 0 Å². The molecule has 0 saturated heterocycles. The lowest BCUT2D eigenvalue weighted by atomic mass is 10.2. The van der Waals surface area contributed by atoms with E-state index in [2.05, 4.69) is 19.2 Å². The first kappa shape index (κ1) is 10.2. The SMILES string of the molecule is CCCCNCC(C)CCl. The molecule has 0 amide bonds. The second-order valence-electron chi connectivity index (χ2n) is 2.82. The van der Waals surface area contributed by atoms with Crippen molar-refractivity contribution < 1.29 is 0 Å². The van der Waals surface area contributed by atoms with Crippen molar-refractivity contribution in [2.75, 3.05) is 19.0 Å². The summed E-state index contributed by atoms with van der Waals surface area (Å²) in [4.78, 5) is 0. The van der Waals surface area contributed by atoms with Gasteiger partial charge < -0.3 is 5.32 Å². The molecular weight excluding hydrogens is 146 g/mol. The van der Waals surface area contributed by atoms with Crippen molar-refractivity contribution in [1.29, 1.82) is 0 Å². The molecule has 10 heavy (non-hydrogen) atoms. The van der Waals surface area contributed by atoms with Crippen molar-refractivity contribution in [1.82, 2.24) is 5.32 Å². The van der Waals surface area contributed by atoms with Crippen LogP contribution in [-0.4, -0.2) is 19.0 Å². The Morgan fingerprint density at radius 2 is 2.20 bits per heavy atom. The van der Waals surface area contributed by atoms with Gasteiger partial charge in [-0.05, 0) is 25.4 Å². The smallest absolute Gasteiger partial charge is 0.0261 e. The Morgan fingerprint density at radius 1 is 1.50 bits per heavy atom. The fourth-order valence-electron chi connectivity index (χ4n) is 0.705. The zero-order valence-corrected chi connectivity index (χ0v) is 7.75. The number of hydrogen-bond donors (Lipinski definition) is 1. The van der Waals surface area contributed by atoms with Gasteiger partial charge in [-0.3, -0.25) is 0 Å². The highest BCUT2D eigenvalue weighted by atomic mass is 35.5. The summed E-state index contributed by atoms with van der Waals surface area (Å²) in [5, 5.41) is 3.35. The van der Waals surface area contributed by atoms with Gasteiger partial charge in [0.05, 0.1) is 0 Å². The molecule has 1 unspecified atom stereocenters. The Balaban J connectivity index is 2.89. The minimum Gasteiger partial charge on any atom is -0.316 e. The van der Waals surface area contributed by atoms with Gasteiger partial charge in [-0.1, -0.05) is 20.3 Å². The predicted molar refractivity (Wildman–Crippen MR) is 47.7 cm³/mol. The van der Waals surface area contributed by atoms with Gasteiger partial charge in [0.2, 0.25) is 0 Å². The average molecular weight is 164 g/mol. The van der Waals surface area contributed by atoms with Gasteiger partial charge in [-0.2, -0.15) is 0 Å². The molecule has 0 rings (SSSR count). The van der Waals surface area contributed by atoms with Crippen LogP contribution in [0, 0.1) is 5.92 Å². The quantitative estimate of drug-likeness (QED) is 0.468. The highest BCUT2D eigenvalue weighted by molar-refractivity contribution is 6.18. The molecule has 0 spiro atoms. The summed E-state index contributed by atoms with van der Waals surface area (Å²) in [6.45, 7) is 6.56. The molecule has 0 radical (unpaired) electrons. The summed E-state index contributed by atoms with van der Waals surface area (Å²) in [7, 11) is 0. The number of alkyl halides is 1. The average Bonchev–Trinajstić information content (AvgIpc) is 1.98. The number of rotatable bonds is 6. The number of hydrogen-bond acceptors (Lipinski definition) is 1. The molecule has 0 bridgehead atoms. The van der Waals surface area contributed by atoms with Gasteiger partial charge in [0.15, 0.2) is 0 Å². The maximum Gasteiger partial charge on any atom is 0.0261 e. The van der Waals surface area contributed by atoms with Crippen molar-refractivity contribution in [3.8, 4) is 0 Å². The third-order valence-corrected chi connectivity index (χ3v) is 1.99. The van der Waals surface area contributed by atoms with Crippen LogP contribution in [0.1, 0.15) is 26.7 Å². The Kier molecular flexibility index (Phi) is 7.54. The molecule has 2 heteroatoms. The molecule has 62 valence electrons. The van der Waals surface area contributed by atoms with Gasteiger partial charge >= 0.3 is 0 Å². The zero-order valence-electron chi connectivity index (χ0n) is 6.99. The minimum atomic E-state index is 0.610. The van der Waals surface area contributed by atoms with E-state index in [1.165, 1.54) is 12.8 Å². The summed E-state index contributed by atoms with van der Waals surface area (Å²) in [5.41, 5.74) is 0. The van der Waals surface area contributed by atoms with Crippen LogP contribution in [0.3, 0.4) is 0 Å². The Morgan fingerprint density at radius 3 is 2.70 bits per heavy atom. The van der Waals surface area contributed by atoms with Crippen LogP contribution in [0.5, 0.6) is 0 Å². The lowest BCUT2D eigenvalue weighted by Gasteiger charge is -2.07. The van der Waals surface area contributed by atoms with Crippen LogP contribution in [0.15, 0.2) is 0 Å². The highest BCUT2D eigenvalue weighted by Crippen LogP contribution is 1.94. The van der Waals surface area contributed by atoms with E-state index in [1.807, 2.05) is 0 Å². The molecule has 0 aromatic heterocycles. The molecule has 0 aliphatic rings. The maximum absolute atomic E-state index is 5.62. The zero-order chi connectivity index (χ0) is 7.82. The first-order valence-corrected chi connectivity index (χ1v) is 4.61. The number of unbranched alkanes of at least 4 members (excludes halogenated alkanes) is 1. The van der Waals surface area contributed by atoms with E-state index in [0.29, 0.717) is 5.92 Å². The number of halogens is 1. The van der Waals surface area contributed by atoms with Gasteiger partial charge in [0, 0.05) is 5.88 Å². The van der Waals surface area contributed by atoms with E-state index in [9.17, 15) is 0 Å². The van der Waals surface area contributed by atoms with Gasteiger partial charge in [-0.25, -0.2) is 0 Å². The molecule has 0 aliphatic carbocycles. The topological polar surface area (TPSA) is 12.0 Å². The van der Waals surface area contributed by atoms with Crippen LogP contribution in [0.4, 0.5) is 0 Å². The minimum absolute atomic E-state index is 0.610. The molecule has 0 fully saturated rings. The summed E-state index contributed by atoms with van der Waals surface area (Å²) < 4.78 is 0. The summed E-state index contributed by atoms with van der Waals surface area (Å²) in [6.07, 6.45) is 2.54. The summed E-state index contributed by atoms with van der Waals surface area (Å²) in [5.74, 6) is 1.37. The normalized spacial score (nSPS) is 13.5. The molecule has 0 aromatic rings. The molecule has 0 saturated carbocycles. The molecule has 0 aromatic carbocycles. The van der Waals surface area contributed by atoms with Gasteiger partial charge in [0.1, 0.15) is 0 Å². The Bertz CT molecular complexity index is 66.3. The van der Waals surface area contributed by atoms with E-state index in [-0.39, 0.29) is 0 Å². The third-order valence-electron chi connectivity index (χ3n) is 1.46. The first-order valence-electron chi connectivity index (χ1n) is 4.08. The van der Waals surface area contributed by atoms with Crippen molar-refractivity contribution in [2.24, 2.45) is 5.92 Å². The lowest BCUT2D eigenvalue weighted by Crippen LogP contribution is -2.22. The third kappa shape index (κ3) is 6.37. The monoisotopic (exact) mass is 163 g/mol. The second kappa shape index (κ2) is 7.36.